The second-order valence-corrected chi connectivity index (χ2v) is 11.1. The van der Waals surface area contributed by atoms with Crippen LogP contribution in [0.4, 0.5) is 0 Å². The van der Waals surface area contributed by atoms with Crippen LogP contribution in [0.25, 0.3) is 33.1 Å². The third-order valence-corrected chi connectivity index (χ3v) is 9.36. The van der Waals surface area contributed by atoms with Gasteiger partial charge in [-0.1, -0.05) is 67.9 Å². The van der Waals surface area contributed by atoms with Crippen LogP contribution >= 0.6 is 0 Å². The molecule has 0 saturated heterocycles. The summed E-state index contributed by atoms with van der Waals surface area (Å²) in [5, 5.41) is 2.22. The van der Waals surface area contributed by atoms with E-state index in [-0.39, 0.29) is 5.41 Å². The molecule has 2 aromatic heterocycles. The molecule has 2 saturated carbocycles. The van der Waals surface area contributed by atoms with Crippen molar-refractivity contribution >= 4 is 21.8 Å². The number of fused-ring (bicyclic) bond motifs is 10. The fourth-order valence-electron chi connectivity index (χ4n) is 7.91. The highest BCUT2D eigenvalue weighted by Crippen LogP contribution is 2.64. The van der Waals surface area contributed by atoms with E-state index in [9.17, 15) is 0 Å². The van der Waals surface area contributed by atoms with Gasteiger partial charge in [-0.2, -0.15) is 0 Å². The first-order valence-corrected chi connectivity index (χ1v) is 13.3. The van der Waals surface area contributed by atoms with E-state index in [0.717, 1.165) is 50.5 Å². The lowest BCUT2D eigenvalue weighted by Crippen LogP contribution is -2.46. The van der Waals surface area contributed by atoms with Gasteiger partial charge in [-0.15, -0.1) is 0 Å². The molecule has 1 aliphatic heterocycles. The van der Waals surface area contributed by atoms with Crippen molar-refractivity contribution < 1.29 is 4.74 Å². The maximum atomic E-state index is 6.64. The lowest BCUT2D eigenvalue weighted by atomic mass is 9.54. The highest BCUT2D eigenvalue weighted by atomic mass is 16.5. The van der Waals surface area contributed by atoms with Crippen molar-refractivity contribution in [2.24, 2.45) is 17.8 Å². The van der Waals surface area contributed by atoms with E-state index < -0.39 is 0 Å². The van der Waals surface area contributed by atoms with Gasteiger partial charge in [0.2, 0.25) is 0 Å². The first-order chi connectivity index (χ1) is 17.7. The van der Waals surface area contributed by atoms with Crippen LogP contribution in [0.1, 0.15) is 43.7 Å². The van der Waals surface area contributed by atoms with Crippen LogP contribution in [-0.2, 0) is 5.41 Å². The number of hydrogen-bond donors (Lipinski definition) is 0. The van der Waals surface area contributed by atoms with Crippen LogP contribution in [0.2, 0.25) is 0 Å². The van der Waals surface area contributed by atoms with E-state index in [1.54, 1.807) is 0 Å². The number of benzene rings is 3. The Morgan fingerprint density at radius 2 is 1.61 bits per heavy atom. The Morgan fingerprint density at radius 3 is 2.56 bits per heavy atom. The lowest BCUT2D eigenvalue weighted by molar-refractivity contribution is 0.145. The summed E-state index contributed by atoms with van der Waals surface area (Å²) in [6.07, 6.45) is 7.18. The second-order valence-electron chi connectivity index (χ2n) is 11.1. The normalized spacial score (nSPS) is 26.1. The Bertz CT molecular complexity index is 1670. The Morgan fingerprint density at radius 1 is 0.778 bits per heavy atom. The van der Waals surface area contributed by atoms with Crippen molar-refractivity contribution in [2.45, 2.75) is 38.0 Å². The number of rotatable bonds is 1. The van der Waals surface area contributed by atoms with Gasteiger partial charge < -0.3 is 4.74 Å². The third kappa shape index (κ3) is 2.69. The number of pyridine rings is 2. The molecule has 8 rings (SSSR count). The molecular formula is C33H28N2O. The predicted molar refractivity (Wildman–Crippen MR) is 144 cm³/mol. The summed E-state index contributed by atoms with van der Waals surface area (Å²) in [6, 6.07) is 28.2. The van der Waals surface area contributed by atoms with E-state index in [0.29, 0.717) is 11.8 Å². The standard InChI is InChI=1S/C33H28N2O/c1-20-17-21-8-13-25(18-21)33(20)26-6-2-3-7-29(26)36-30-19-24(11-14-27(30)33)28-15-12-23-10-9-22-5-4-16-34-31(22)32(23)35-28/h2-7,9-12,14-16,19-21,25H,8,13,17-18H2,1H3/t20-,21+,25+,33?/m1/s1. The van der Waals surface area contributed by atoms with Gasteiger partial charge in [0.25, 0.3) is 0 Å². The highest BCUT2D eigenvalue weighted by molar-refractivity contribution is 6.03. The van der Waals surface area contributed by atoms with Gasteiger partial charge in [0.1, 0.15) is 11.5 Å². The predicted octanol–water partition coefficient (Wildman–Crippen LogP) is 8.30. The molecule has 2 aliphatic carbocycles. The van der Waals surface area contributed by atoms with E-state index >= 15 is 0 Å². The van der Waals surface area contributed by atoms with E-state index in [2.05, 4.69) is 84.7 Å². The molecule has 3 nitrogen and oxygen atoms in total. The number of hydrogen-bond acceptors (Lipinski definition) is 3. The number of ether oxygens (including phenoxy) is 1. The SMILES string of the molecule is C[C@@H]1C[C@@H]2CC[C@@H](C2)C12c1ccccc1Oc1cc(-c3ccc4ccc5cccnc5c4n3)ccc12. The van der Waals surface area contributed by atoms with Gasteiger partial charge in [-0.3, -0.25) is 4.98 Å². The molecule has 3 aromatic carbocycles. The summed E-state index contributed by atoms with van der Waals surface area (Å²) < 4.78 is 6.64. The van der Waals surface area contributed by atoms with Gasteiger partial charge in [0.05, 0.1) is 16.7 Å². The molecule has 36 heavy (non-hydrogen) atoms. The molecule has 3 heteroatoms. The largest absolute Gasteiger partial charge is 0.457 e. The summed E-state index contributed by atoms with van der Waals surface area (Å²) in [6.45, 7) is 2.48. The number of aromatic nitrogens is 2. The van der Waals surface area contributed by atoms with Crippen LogP contribution in [0.5, 0.6) is 11.5 Å². The summed E-state index contributed by atoms with van der Waals surface area (Å²) in [5.74, 6) is 4.19. The summed E-state index contributed by atoms with van der Waals surface area (Å²) in [5.41, 5.74) is 6.74. The van der Waals surface area contributed by atoms with Gasteiger partial charge in [-0.25, -0.2) is 4.98 Å². The van der Waals surface area contributed by atoms with Gasteiger partial charge in [-0.05, 0) is 61.3 Å². The van der Waals surface area contributed by atoms with Crippen molar-refractivity contribution in [1.82, 2.24) is 9.97 Å². The maximum Gasteiger partial charge on any atom is 0.132 e. The maximum absolute atomic E-state index is 6.64. The van der Waals surface area contributed by atoms with Crippen LogP contribution in [0.3, 0.4) is 0 Å². The van der Waals surface area contributed by atoms with Crippen molar-refractivity contribution in [2.75, 3.05) is 0 Å². The summed E-state index contributed by atoms with van der Waals surface area (Å²) in [7, 11) is 0. The van der Waals surface area contributed by atoms with Gasteiger partial charge >= 0.3 is 0 Å². The quantitative estimate of drug-likeness (QED) is 0.232. The Hall–Kier alpha value is -3.72. The average Bonchev–Trinajstić information content (AvgIpc) is 3.34. The molecule has 2 bridgehead atoms. The summed E-state index contributed by atoms with van der Waals surface area (Å²) in [4.78, 5) is 9.74. The first-order valence-electron chi connectivity index (χ1n) is 13.3. The zero-order valence-electron chi connectivity index (χ0n) is 20.4. The van der Waals surface area contributed by atoms with Gasteiger partial charge in [0.15, 0.2) is 0 Å². The van der Waals surface area contributed by atoms with Crippen LogP contribution in [0.15, 0.2) is 85.1 Å². The fourth-order valence-corrected chi connectivity index (χ4v) is 7.91. The highest BCUT2D eigenvalue weighted by Gasteiger charge is 2.56. The molecular weight excluding hydrogens is 440 g/mol. The zero-order valence-corrected chi connectivity index (χ0v) is 20.4. The second kappa shape index (κ2) is 7.39. The minimum absolute atomic E-state index is 0.0344. The monoisotopic (exact) mass is 468 g/mol. The minimum atomic E-state index is 0.0344. The Labute approximate surface area is 211 Å². The lowest BCUT2D eigenvalue weighted by Gasteiger charge is -2.51. The van der Waals surface area contributed by atoms with Crippen molar-refractivity contribution in [3.05, 3.63) is 96.2 Å². The Kier molecular flexibility index (Phi) is 4.20. The smallest absolute Gasteiger partial charge is 0.132 e. The molecule has 1 spiro atoms. The molecule has 5 aromatic rings. The zero-order chi connectivity index (χ0) is 23.9. The van der Waals surface area contributed by atoms with Crippen LogP contribution in [0, 0.1) is 17.8 Å². The minimum Gasteiger partial charge on any atom is -0.457 e. The van der Waals surface area contributed by atoms with E-state index in [1.165, 1.54) is 36.8 Å². The molecule has 0 N–H and O–H groups in total. The molecule has 3 heterocycles. The summed E-state index contributed by atoms with van der Waals surface area (Å²) >= 11 is 0. The molecule has 1 unspecified atom stereocenters. The molecule has 0 amide bonds. The molecule has 2 fully saturated rings. The van der Waals surface area contributed by atoms with Crippen LogP contribution in [-0.4, -0.2) is 9.97 Å². The fraction of sp³-hybridized carbons (Fsp3) is 0.273. The van der Waals surface area contributed by atoms with E-state index in [4.69, 9.17) is 9.72 Å². The first kappa shape index (κ1) is 20.5. The van der Waals surface area contributed by atoms with Crippen molar-refractivity contribution in [1.29, 1.82) is 0 Å². The van der Waals surface area contributed by atoms with Crippen molar-refractivity contribution in [3.8, 4) is 22.8 Å². The topological polar surface area (TPSA) is 35.0 Å². The van der Waals surface area contributed by atoms with Gasteiger partial charge in [0, 0.05) is 39.1 Å². The van der Waals surface area contributed by atoms with E-state index in [1.807, 2.05) is 12.3 Å². The Balaban J connectivity index is 1.32. The van der Waals surface area contributed by atoms with Crippen LogP contribution < -0.4 is 4.74 Å². The van der Waals surface area contributed by atoms with Crippen molar-refractivity contribution in [3.63, 3.8) is 0 Å². The molecule has 3 aliphatic rings. The number of nitrogens with zero attached hydrogens (tertiary/aromatic N) is 2. The molecule has 0 radical (unpaired) electrons. The third-order valence-electron chi connectivity index (χ3n) is 9.36. The molecule has 4 atom stereocenters. The average molecular weight is 469 g/mol. The molecule has 176 valence electrons. The number of para-hydroxylation sites is 1.